The maximum atomic E-state index is 12.2. The summed E-state index contributed by atoms with van der Waals surface area (Å²) in [6.45, 7) is 4.06. The number of unbranched alkanes of at least 4 members (excludes halogenated alkanes) is 3. The maximum Gasteiger partial charge on any atom is 0.259 e. The van der Waals surface area contributed by atoms with Gasteiger partial charge in [0.25, 0.3) is 5.91 Å². The van der Waals surface area contributed by atoms with Crippen molar-refractivity contribution in [3.63, 3.8) is 0 Å². The Balaban J connectivity index is 1.93. The molecular formula is C19H25N3O. The number of carbonyl (C=O) groups is 1. The van der Waals surface area contributed by atoms with Crippen molar-refractivity contribution >= 4 is 17.4 Å². The highest BCUT2D eigenvalue weighted by molar-refractivity contribution is 6.07. The first-order chi connectivity index (χ1) is 11.1. The highest BCUT2D eigenvalue weighted by Gasteiger charge is 2.11. The number of carbonyl (C=O) groups excluding carboxylic acids is 1. The van der Waals surface area contributed by atoms with Crippen LogP contribution in [0.5, 0.6) is 0 Å². The van der Waals surface area contributed by atoms with Crippen LogP contribution >= 0.6 is 0 Å². The van der Waals surface area contributed by atoms with E-state index in [4.69, 9.17) is 5.73 Å². The third-order valence-corrected chi connectivity index (χ3v) is 3.84. The number of aryl methyl sites for hydroxylation is 2. The number of aromatic nitrogens is 1. The molecule has 1 aromatic carbocycles. The van der Waals surface area contributed by atoms with Crippen molar-refractivity contribution < 1.29 is 4.79 Å². The highest BCUT2D eigenvalue weighted by atomic mass is 16.1. The molecule has 0 atom stereocenters. The van der Waals surface area contributed by atoms with Crippen molar-refractivity contribution in [2.45, 2.75) is 46.0 Å². The van der Waals surface area contributed by atoms with E-state index >= 15 is 0 Å². The topological polar surface area (TPSA) is 68.0 Å². The Morgan fingerprint density at radius 1 is 1.09 bits per heavy atom. The molecule has 2 rings (SSSR count). The molecule has 3 N–H and O–H groups in total. The molecule has 0 aliphatic carbocycles. The first-order valence-electron chi connectivity index (χ1n) is 8.23. The van der Waals surface area contributed by atoms with Crippen molar-refractivity contribution in [3.05, 3.63) is 53.2 Å². The van der Waals surface area contributed by atoms with Crippen molar-refractivity contribution in [3.8, 4) is 0 Å². The Bertz CT molecular complexity index is 650. The lowest BCUT2D eigenvalue weighted by atomic mass is 10.1. The van der Waals surface area contributed by atoms with Crippen LogP contribution in [0, 0.1) is 6.92 Å². The van der Waals surface area contributed by atoms with Crippen molar-refractivity contribution in [2.24, 2.45) is 0 Å². The first-order valence-corrected chi connectivity index (χ1v) is 8.23. The number of hydrogen-bond acceptors (Lipinski definition) is 3. The normalized spacial score (nSPS) is 10.5. The molecule has 1 amide bonds. The van der Waals surface area contributed by atoms with Gasteiger partial charge in [-0.1, -0.05) is 38.3 Å². The zero-order valence-corrected chi connectivity index (χ0v) is 13.9. The average Bonchev–Trinajstić information content (AvgIpc) is 2.53. The van der Waals surface area contributed by atoms with Crippen LogP contribution in [0.3, 0.4) is 0 Å². The number of pyridine rings is 1. The van der Waals surface area contributed by atoms with Crippen LogP contribution in [0.25, 0.3) is 0 Å². The molecule has 0 saturated carbocycles. The predicted octanol–water partition coefficient (Wildman–Crippen LogP) is 4.35. The minimum absolute atomic E-state index is 0.231. The van der Waals surface area contributed by atoms with E-state index in [1.54, 1.807) is 12.1 Å². The molecule has 0 bridgehead atoms. The molecule has 2 aromatic rings. The van der Waals surface area contributed by atoms with E-state index in [2.05, 4.69) is 29.4 Å². The van der Waals surface area contributed by atoms with Crippen molar-refractivity contribution in [1.82, 2.24) is 4.98 Å². The average molecular weight is 311 g/mol. The molecule has 1 aromatic heterocycles. The van der Waals surface area contributed by atoms with Crippen LogP contribution in [-0.2, 0) is 6.42 Å². The second-order valence-corrected chi connectivity index (χ2v) is 5.85. The van der Waals surface area contributed by atoms with Crippen LogP contribution < -0.4 is 11.1 Å². The smallest absolute Gasteiger partial charge is 0.259 e. The summed E-state index contributed by atoms with van der Waals surface area (Å²) in [6.07, 6.45) is 6.12. The second kappa shape index (κ2) is 8.32. The number of amides is 1. The van der Waals surface area contributed by atoms with Gasteiger partial charge in [-0.3, -0.25) is 4.79 Å². The van der Waals surface area contributed by atoms with Gasteiger partial charge in [0.2, 0.25) is 0 Å². The molecule has 4 heteroatoms. The van der Waals surface area contributed by atoms with Crippen LogP contribution in [0.4, 0.5) is 11.5 Å². The zero-order valence-electron chi connectivity index (χ0n) is 13.9. The largest absolute Gasteiger partial charge is 0.383 e. The third kappa shape index (κ3) is 5.09. The van der Waals surface area contributed by atoms with Crippen LogP contribution in [0.15, 0.2) is 36.4 Å². The fourth-order valence-electron chi connectivity index (χ4n) is 2.48. The molecule has 23 heavy (non-hydrogen) atoms. The van der Waals surface area contributed by atoms with Crippen LogP contribution in [0.2, 0.25) is 0 Å². The first kappa shape index (κ1) is 17.0. The lowest BCUT2D eigenvalue weighted by Crippen LogP contribution is -2.15. The summed E-state index contributed by atoms with van der Waals surface area (Å²) in [5.41, 5.74) is 9.08. The van der Waals surface area contributed by atoms with E-state index in [-0.39, 0.29) is 11.7 Å². The van der Waals surface area contributed by atoms with E-state index in [1.807, 2.05) is 19.1 Å². The molecule has 122 valence electrons. The molecule has 0 radical (unpaired) electrons. The fraction of sp³-hybridized carbons (Fsp3) is 0.368. The summed E-state index contributed by atoms with van der Waals surface area (Å²) in [6, 6.07) is 11.5. The monoisotopic (exact) mass is 311 g/mol. The molecule has 0 spiro atoms. The molecule has 0 aliphatic heterocycles. The number of anilines is 2. The molecule has 0 aliphatic rings. The third-order valence-electron chi connectivity index (χ3n) is 3.84. The minimum atomic E-state index is -0.231. The van der Waals surface area contributed by atoms with E-state index in [9.17, 15) is 4.79 Å². The lowest BCUT2D eigenvalue weighted by molar-refractivity contribution is 0.102. The minimum Gasteiger partial charge on any atom is -0.383 e. The zero-order chi connectivity index (χ0) is 16.7. The number of hydrogen-bond donors (Lipinski definition) is 2. The van der Waals surface area contributed by atoms with Gasteiger partial charge in [0, 0.05) is 11.4 Å². The number of nitrogens with zero attached hydrogens (tertiary/aromatic N) is 1. The number of benzene rings is 1. The second-order valence-electron chi connectivity index (χ2n) is 5.85. The van der Waals surface area contributed by atoms with Gasteiger partial charge in [0.15, 0.2) is 0 Å². The molecular weight excluding hydrogens is 286 g/mol. The summed E-state index contributed by atoms with van der Waals surface area (Å²) in [5, 5.41) is 2.86. The van der Waals surface area contributed by atoms with E-state index in [1.165, 1.54) is 31.2 Å². The SMILES string of the molecule is CCCCCCc1ccc(NC(=O)c2ccc(C)nc2N)cc1. The Hall–Kier alpha value is -2.36. The number of nitrogens with two attached hydrogens (primary N) is 1. The molecule has 4 nitrogen and oxygen atoms in total. The Labute approximate surface area is 138 Å². The van der Waals surface area contributed by atoms with E-state index in [0.717, 1.165) is 17.8 Å². The highest BCUT2D eigenvalue weighted by Crippen LogP contribution is 2.16. The molecule has 0 unspecified atom stereocenters. The number of rotatable bonds is 7. The van der Waals surface area contributed by atoms with Gasteiger partial charge in [-0.05, 0) is 49.6 Å². The van der Waals surface area contributed by atoms with Gasteiger partial charge in [0.05, 0.1) is 5.56 Å². The lowest BCUT2D eigenvalue weighted by Gasteiger charge is -2.08. The van der Waals surface area contributed by atoms with Crippen LogP contribution in [0.1, 0.15) is 54.2 Å². The number of nitrogens with one attached hydrogen (secondary N) is 1. The van der Waals surface area contributed by atoms with Crippen molar-refractivity contribution in [2.75, 3.05) is 11.1 Å². The fourth-order valence-corrected chi connectivity index (χ4v) is 2.48. The van der Waals surface area contributed by atoms with Gasteiger partial charge in [-0.25, -0.2) is 4.98 Å². The van der Waals surface area contributed by atoms with Gasteiger partial charge < -0.3 is 11.1 Å². The summed E-state index contributed by atoms with van der Waals surface area (Å²) in [7, 11) is 0. The summed E-state index contributed by atoms with van der Waals surface area (Å²) in [4.78, 5) is 16.4. The predicted molar refractivity (Wildman–Crippen MR) is 95.6 cm³/mol. The quantitative estimate of drug-likeness (QED) is 0.747. The van der Waals surface area contributed by atoms with Crippen LogP contribution in [-0.4, -0.2) is 10.9 Å². The maximum absolute atomic E-state index is 12.2. The van der Waals surface area contributed by atoms with E-state index < -0.39 is 0 Å². The number of nitrogen functional groups attached to an aromatic ring is 1. The summed E-state index contributed by atoms with van der Waals surface area (Å²) >= 11 is 0. The van der Waals surface area contributed by atoms with E-state index in [0.29, 0.717) is 5.56 Å². The summed E-state index contributed by atoms with van der Waals surface area (Å²) < 4.78 is 0. The van der Waals surface area contributed by atoms with Gasteiger partial charge in [0.1, 0.15) is 5.82 Å². The molecule has 0 fully saturated rings. The summed E-state index contributed by atoms with van der Waals surface area (Å²) in [5.74, 6) is 0.0285. The Morgan fingerprint density at radius 2 is 1.83 bits per heavy atom. The Morgan fingerprint density at radius 3 is 2.48 bits per heavy atom. The standard InChI is InChI=1S/C19H25N3O/c1-3-4-5-6-7-15-9-11-16(12-10-15)22-19(23)17-13-8-14(2)21-18(17)20/h8-13H,3-7H2,1-2H3,(H2,20,21)(H,22,23). The Kier molecular flexibility index (Phi) is 6.15. The van der Waals surface area contributed by atoms with Gasteiger partial charge in [-0.15, -0.1) is 0 Å². The molecule has 0 saturated heterocycles. The van der Waals surface area contributed by atoms with Gasteiger partial charge in [-0.2, -0.15) is 0 Å². The van der Waals surface area contributed by atoms with Gasteiger partial charge >= 0.3 is 0 Å². The molecule has 1 heterocycles. The van der Waals surface area contributed by atoms with Crippen molar-refractivity contribution in [1.29, 1.82) is 0 Å².